The van der Waals surface area contributed by atoms with E-state index in [1.165, 1.54) is 0 Å². The topological polar surface area (TPSA) is 107 Å². The number of nitriles is 1. The van der Waals surface area contributed by atoms with Gasteiger partial charge in [0, 0.05) is 67.4 Å². The first-order valence-corrected chi connectivity index (χ1v) is 16.3. The van der Waals surface area contributed by atoms with E-state index < -0.39 is 0 Å². The third-order valence-corrected chi connectivity index (χ3v) is 10.7. The second kappa shape index (κ2) is 11.2. The van der Waals surface area contributed by atoms with E-state index in [-0.39, 0.29) is 18.0 Å². The third-order valence-electron chi connectivity index (χ3n) is 10.7. The summed E-state index contributed by atoms with van der Waals surface area (Å²) in [5.74, 6) is 2.07. The van der Waals surface area contributed by atoms with Gasteiger partial charge in [0.2, 0.25) is 0 Å². The molecule has 0 aliphatic carbocycles. The minimum atomic E-state index is 0.121. The van der Waals surface area contributed by atoms with Crippen molar-refractivity contribution in [2.45, 2.75) is 70.1 Å². The molecule has 4 aliphatic rings. The Labute approximate surface area is 268 Å². The number of rotatable bonds is 7. The number of amides is 1. The van der Waals surface area contributed by atoms with Gasteiger partial charge in [-0.2, -0.15) is 10.4 Å². The Morgan fingerprint density at radius 2 is 1.87 bits per heavy atom. The van der Waals surface area contributed by atoms with Crippen LogP contribution in [0.25, 0.3) is 16.6 Å². The first-order valence-electron chi connectivity index (χ1n) is 16.3. The van der Waals surface area contributed by atoms with Crippen molar-refractivity contribution in [3.05, 3.63) is 77.2 Å². The number of nitrogens with zero attached hydrogens (tertiary/aromatic N) is 7. The van der Waals surface area contributed by atoms with Crippen LogP contribution in [0.5, 0.6) is 5.75 Å². The number of carbonyl (C=O) groups excluding carboxylic acids is 2. The summed E-state index contributed by atoms with van der Waals surface area (Å²) >= 11 is 0. The van der Waals surface area contributed by atoms with Gasteiger partial charge in [-0.15, -0.1) is 0 Å². The number of ketones is 1. The van der Waals surface area contributed by atoms with Crippen LogP contribution in [0.1, 0.15) is 59.2 Å². The summed E-state index contributed by atoms with van der Waals surface area (Å²) in [5.41, 5.74) is 5.91. The maximum Gasteiger partial charge on any atom is 0.254 e. The molecule has 0 radical (unpaired) electrons. The van der Waals surface area contributed by atoms with Gasteiger partial charge in [-0.05, 0) is 68.5 Å². The zero-order valence-corrected chi connectivity index (χ0v) is 26.2. The van der Waals surface area contributed by atoms with Gasteiger partial charge in [0.1, 0.15) is 30.0 Å². The van der Waals surface area contributed by atoms with Crippen LogP contribution in [0.15, 0.2) is 55.0 Å². The van der Waals surface area contributed by atoms with Gasteiger partial charge in [-0.25, -0.2) is 9.50 Å². The van der Waals surface area contributed by atoms with Crippen molar-refractivity contribution < 1.29 is 14.3 Å². The molecule has 0 N–H and O–H groups in total. The zero-order chi connectivity index (χ0) is 31.5. The summed E-state index contributed by atoms with van der Waals surface area (Å²) in [5, 5.41) is 14.3. The lowest BCUT2D eigenvalue weighted by atomic mass is 10.0. The van der Waals surface area contributed by atoms with Crippen LogP contribution < -0.4 is 9.64 Å². The monoisotopic (exact) mass is 615 g/mol. The van der Waals surface area contributed by atoms with Crippen molar-refractivity contribution in [3.63, 3.8) is 0 Å². The van der Waals surface area contributed by atoms with Crippen LogP contribution in [0, 0.1) is 25.2 Å². The molecule has 1 aromatic carbocycles. The molecule has 46 heavy (non-hydrogen) atoms. The van der Waals surface area contributed by atoms with E-state index in [1.807, 2.05) is 67.5 Å². The maximum atomic E-state index is 13.4. The predicted octanol–water partition coefficient (Wildman–Crippen LogP) is 4.56. The largest absolute Gasteiger partial charge is 0.491 e. The molecule has 4 fully saturated rings. The lowest BCUT2D eigenvalue weighted by molar-refractivity contribution is -0.123. The molecule has 4 aromatic rings. The standard InChI is InChI=1S/C36H37N7O3/c1-22-4-3-5-32(23(22)2)36(45)42-20-28-12-29(42)19-41(28)34-9-6-24(17-38-34)33-15-31(21-43-35(33)25(16-37)18-39-43)46-11-10-40-26-7-8-27(40)14-30(44)13-26/h3-6,9,15,17-18,21,26-29H,7-8,10-14,19-20H2,1-2H3. The van der Waals surface area contributed by atoms with Gasteiger partial charge in [0.15, 0.2) is 0 Å². The summed E-state index contributed by atoms with van der Waals surface area (Å²) < 4.78 is 7.97. The normalized spacial score (nSPS) is 23.8. The Bertz CT molecular complexity index is 1880. The molecule has 10 heteroatoms. The number of hydrogen-bond acceptors (Lipinski definition) is 8. The molecule has 4 saturated heterocycles. The number of ether oxygens (including phenoxy) is 1. The average Bonchev–Trinajstić information content (AvgIpc) is 3.84. The van der Waals surface area contributed by atoms with E-state index in [0.29, 0.717) is 55.2 Å². The van der Waals surface area contributed by atoms with Crippen LogP contribution >= 0.6 is 0 Å². The van der Waals surface area contributed by atoms with E-state index in [2.05, 4.69) is 21.0 Å². The minimum absolute atomic E-state index is 0.121. The number of likely N-dealkylation sites (tertiary alicyclic amines) is 1. The smallest absolute Gasteiger partial charge is 0.254 e. The molecule has 4 atom stereocenters. The van der Waals surface area contributed by atoms with Crippen LogP contribution in [0.4, 0.5) is 5.82 Å². The number of hydrogen-bond donors (Lipinski definition) is 0. The lowest BCUT2D eigenvalue weighted by Gasteiger charge is -2.35. The molecule has 4 bridgehead atoms. The lowest BCUT2D eigenvalue weighted by Crippen LogP contribution is -2.49. The van der Waals surface area contributed by atoms with Crippen LogP contribution in [-0.2, 0) is 4.79 Å². The second-order valence-corrected chi connectivity index (χ2v) is 13.3. The SMILES string of the molecule is Cc1cccc(C(=O)N2CC3CC2CN3c2ccc(-c3cc(OCCN4C5CCC4CC(=O)C5)cn4ncc(C#N)c34)cn2)c1C. The van der Waals surface area contributed by atoms with E-state index in [4.69, 9.17) is 9.72 Å². The average molecular weight is 616 g/mol. The number of fused-ring (bicyclic) bond motifs is 5. The van der Waals surface area contributed by atoms with Crippen LogP contribution in [-0.4, -0.2) is 86.5 Å². The van der Waals surface area contributed by atoms with Crippen molar-refractivity contribution in [1.82, 2.24) is 24.4 Å². The van der Waals surface area contributed by atoms with Crippen molar-refractivity contribution in [3.8, 4) is 22.9 Å². The molecular formula is C36H37N7O3. The highest BCUT2D eigenvalue weighted by Crippen LogP contribution is 2.37. The number of Topliss-reactive ketones (excluding diaryl/α,β-unsaturated/α-hetero) is 1. The molecule has 10 nitrogen and oxygen atoms in total. The molecule has 4 aliphatic heterocycles. The Kier molecular flexibility index (Phi) is 7.02. The number of aromatic nitrogens is 3. The summed E-state index contributed by atoms with van der Waals surface area (Å²) in [6.07, 6.45) is 9.68. The van der Waals surface area contributed by atoms with Gasteiger partial charge in [-0.1, -0.05) is 12.1 Å². The molecule has 1 amide bonds. The van der Waals surface area contributed by atoms with Crippen molar-refractivity contribution in [1.29, 1.82) is 5.26 Å². The van der Waals surface area contributed by atoms with Gasteiger partial charge in [0.05, 0.1) is 35.6 Å². The summed E-state index contributed by atoms with van der Waals surface area (Å²) in [6.45, 7) is 6.81. The van der Waals surface area contributed by atoms with E-state index in [9.17, 15) is 14.9 Å². The molecule has 4 unspecified atom stereocenters. The molecule has 7 heterocycles. The Morgan fingerprint density at radius 1 is 1.04 bits per heavy atom. The van der Waals surface area contributed by atoms with Crippen LogP contribution in [0.3, 0.4) is 0 Å². The fourth-order valence-corrected chi connectivity index (χ4v) is 8.22. The molecule has 0 spiro atoms. The highest BCUT2D eigenvalue weighted by molar-refractivity contribution is 5.96. The van der Waals surface area contributed by atoms with Gasteiger partial charge < -0.3 is 14.5 Å². The minimum Gasteiger partial charge on any atom is -0.491 e. The number of piperazine rings is 1. The zero-order valence-electron chi connectivity index (χ0n) is 26.2. The Hall–Kier alpha value is -4.75. The highest BCUT2D eigenvalue weighted by Gasteiger charge is 2.46. The molecular weight excluding hydrogens is 578 g/mol. The second-order valence-electron chi connectivity index (χ2n) is 13.3. The number of carbonyl (C=O) groups is 2. The Balaban J connectivity index is 0.987. The van der Waals surface area contributed by atoms with Crippen LogP contribution in [0.2, 0.25) is 0 Å². The first kappa shape index (κ1) is 28.7. The van der Waals surface area contributed by atoms with Crippen molar-refractivity contribution >= 4 is 23.0 Å². The molecule has 3 aromatic heterocycles. The van der Waals surface area contributed by atoms with Gasteiger partial charge in [0.25, 0.3) is 5.91 Å². The van der Waals surface area contributed by atoms with E-state index in [1.54, 1.807) is 10.7 Å². The quantitative estimate of drug-likeness (QED) is 0.298. The Morgan fingerprint density at radius 3 is 2.59 bits per heavy atom. The van der Waals surface area contributed by atoms with Gasteiger partial charge >= 0.3 is 0 Å². The molecule has 0 saturated carbocycles. The van der Waals surface area contributed by atoms with Gasteiger partial charge in [-0.3, -0.25) is 14.5 Å². The molecule has 234 valence electrons. The first-order chi connectivity index (χ1) is 22.4. The number of anilines is 1. The number of pyridine rings is 2. The van der Waals surface area contributed by atoms with E-state index >= 15 is 0 Å². The number of aryl methyl sites for hydroxylation is 1. The summed E-state index contributed by atoms with van der Waals surface area (Å²) in [4.78, 5) is 37.1. The fraction of sp³-hybridized carbons (Fsp3) is 0.417. The number of benzene rings is 1. The highest BCUT2D eigenvalue weighted by atomic mass is 16.5. The fourth-order valence-electron chi connectivity index (χ4n) is 8.22. The third kappa shape index (κ3) is 4.81. The van der Waals surface area contributed by atoms with Crippen molar-refractivity contribution in [2.75, 3.05) is 31.1 Å². The summed E-state index contributed by atoms with van der Waals surface area (Å²) in [6, 6.07) is 15.3. The number of piperidine rings is 1. The summed E-state index contributed by atoms with van der Waals surface area (Å²) in [7, 11) is 0. The maximum absolute atomic E-state index is 13.4. The van der Waals surface area contributed by atoms with Crippen molar-refractivity contribution in [2.24, 2.45) is 0 Å². The van der Waals surface area contributed by atoms with E-state index in [0.717, 1.165) is 71.5 Å². The predicted molar refractivity (Wildman–Crippen MR) is 173 cm³/mol. The molecule has 8 rings (SSSR count).